The summed E-state index contributed by atoms with van der Waals surface area (Å²) in [5.74, 6) is -1.10. The van der Waals surface area contributed by atoms with Gasteiger partial charge in [0.05, 0.1) is 7.11 Å². The largest absolute Gasteiger partial charge is 0.481 e. The third-order valence-corrected chi connectivity index (χ3v) is 6.61. The first-order valence-corrected chi connectivity index (χ1v) is 9.94. The van der Waals surface area contributed by atoms with Crippen LogP contribution in [0.1, 0.15) is 18.9 Å². The molecule has 0 aliphatic carbocycles. The number of hydroxylamine groups is 1. The first kappa shape index (κ1) is 20.8. The Morgan fingerprint density at radius 2 is 2.04 bits per heavy atom. The van der Waals surface area contributed by atoms with Gasteiger partial charge in [-0.3, -0.25) is 10.0 Å². The number of aryl methyl sites for hydroxylation is 1. The van der Waals surface area contributed by atoms with Gasteiger partial charge in [0.1, 0.15) is 10.6 Å². The summed E-state index contributed by atoms with van der Waals surface area (Å²) in [6.07, 6.45) is 2.43. The average molecular weight is 396 g/mol. The van der Waals surface area contributed by atoms with Gasteiger partial charge in [0.2, 0.25) is 5.88 Å². The van der Waals surface area contributed by atoms with Gasteiger partial charge in [-0.1, -0.05) is 12.1 Å². The number of benzene rings is 1. The highest BCUT2D eigenvalue weighted by atomic mass is 32.2. The molecule has 0 aliphatic rings. The summed E-state index contributed by atoms with van der Waals surface area (Å²) >= 11 is 0. The summed E-state index contributed by atoms with van der Waals surface area (Å²) in [5, 5.41) is 8.84. The minimum atomic E-state index is -3.80. The van der Waals surface area contributed by atoms with E-state index in [9.17, 15) is 17.6 Å². The molecule has 1 amide bonds. The van der Waals surface area contributed by atoms with Gasteiger partial charge in [-0.05, 0) is 37.5 Å². The highest BCUT2D eigenvalue weighted by Crippen LogP contribution is 2.27. The van der Waals surface area contributed by atoms with Gasteiger partial charge in [0, 0.05) is 29.6 Å². The van der Waals surface area contributed by atoms with Crippen molar-refractivity contribution in [1.29, 1.82) is 0 Å². The van der Waals surface area contributed by atoms with E-state index in [1.807, 2.05) is 0 Å². The molecule has 0 spiro atoms. The van der Waals surface area contributed by atoms with Crippen LogP contribution < -0.4 is 10.2 Å². The predicted molar refractivity (Wildman–Crippen MR) is 97.7 cm³/mol. The third kappa shape index (κ3) is 4.42. The molecule has 0 fully saturated rings. The Bertz CT molecular complexity index is 931. The van der Waals surface area contributed by atoms with Crippen molar-refractivity contribution in [3.8, 4) is 17.0 Å². The number of ether oxygens (including phenoxy) is 1. The number of methoxy groups -OCH3 is 1. The van der Waals surface area contributed by atoms with E-state index in [0.29, 0.717) is 22.6 Å². The maximum Gasteiger partial charge on any atom is 0.264 e. The van der Waals surface area contributed by atoms with Crippen molar-refractivity contribution in [1.82, 2.24) is 10.5 Å². The van der Waals surface area contributed by atoms with Crippen LogP contribution >= 0.6 is 0 Å². The molecule has 9 heteroatoms. The topological polar surface area (TPSA) is 106 Å². The molecule has 27 heavy (non-hydrogen) atoms. The number of hydrogen-bond acceptors (Lipinski definition) is 6. The zero-order valence-electron chi connectivity index (χ0n) is 15.2. The molecular weight excluding hydrogens is 375 g/mol. The van der Waals surface area contributed by atoms with Crippen LogP contribution in [0.25, 0.3) is 11.1 Å². The number of carbonyl (C=O) groups is 1. The summed E-state index contributed by atoms with van der Waals surface area (Å²) in [4.78, 5) is 15.9. The second-order valence-electron chi connectivity index (χ2n) is 6.35. The van der Waals surface area contributed by atoms with E-state index >= 15 is 0 Å². The minimum absolute atomic E-state index is 0.110. The van der Waals surface area contributed by atoms with E-state index in [2.05, 4.69) is 4.98 Å². The lowest BCUT2D eigenvalue weighted by Crippen LogP contribution is -2.49. The standard InChI is InChI=1S/C18H21FN2O5S/c1-18(17(22)21-23,27(3,24)25)9-8-12-4-6-14(15(19)10-12)13-5-7-16(26-2)20-11-13/h4-7,10-11,23H,8-9H2,1-3H3,(H,21,22). The normalized spacial score (nSPS) is 13.7. The Balaban J connectivity index is 2.23. The molecule has 0 aliphatic heterocycles. The lowest BCUT2D eigenvalue weighted by molar-refractivity contribution is -0.131. The molecule has 146 valence electrons. The van der Waals surface area contributed by atoms with E-state index in [1.54, 1.807) is 24.3 Å². The van der Waals surface area contributed by atoms with Crippen molar-refractivity contribution in [2.24, 2.45) is 0 Å². The number of hydrogen-bond donors (Lipinski definition) is 2. The van der Waals surface area contributed by atoms with Gasteiger partial charge >= 0.3 is 0 Å². The van der Waals surface area contributed by atoms with Crippen LogP contribution in [-0.2, 0) is 21.1 Å². The van der Waals surface area contributed by atoms with Gasteiger partial charge in [0.15, 0.2) is 9.84 Å². The maximum absolute atomic E-state index is 14.5. The van der Waals surface area contributed by atoms with Crippen LogP contribution in [0.15, 0.2) is 36.5 Å². The molecule has 1 atom stereocenters. The summed E-state index contributed by atoms with van der Waals surface area (Å²) in [6, 6.07) is 7.81. The third-order valence-electron chi connectivity index (χ3n) is 4.58. The van der Waals surface area contributed by atoms with E-state index in [-0.39, 0.29) is 12.8 Å². The van der Waals surface area contributed by atoms with Gasteiger partial charge < -0.3 is 4.74 Å². The molecular formula is C18H21FN2O5S. The second kappa shape index (κ2) is 8.01. The van der Waals surface area contributed by atoms with Crippen LogP contribution in [0, 0.1) is 5.82 Å². The summed E-state index contributed by atoms with van der Waals surface area (Å²) in [6.45, 7) is 1.22. The van der Waals surface area contributed by atoms with Gasteiger partial charge in [-0.25, -0.2) is 23.3 Å². The molecule has 2 N–H and O–H groups in total. The van der Waals surface area contributed by atoms with Crippen LogP contribution in [0.4, 0.5) is 4.39 Å². The predicted octanol–water partition coefficient (Wildman–Crippen LogP) is 2.14. The molecule has 2 rings (SSSR count). The second-order valence-corrected chi connectivity index (χ2v) is 8.79. The Morgan fingerprint density at radius 3 is 2.52 bits per heavy atom. The quantitative estimate of drug-likeness (QED) is 0.549. The maximum atomic E-state index is 14.5. The van der Waals surface area contributed by atoms with Gasteiger partial charge in [0.25, 0.3) is 5.91 Å². The summed E-state index contributed by atoms with van der Waals surface area (Å²) in [5.41, 5.74) is 2.83. The van der Waals surface area contributed by atoms with Crippen LogP contribution in [0.3, 0.4) is 0 Å². The lowest BCUT2D eigenvalue weighted by atomic mass is 9.97. The van der Waals surface area contributed by atoms with Crippen LogP contribution in [0.5, 0.6) is 5.88 Å². The zero-order valence-corrected chi connectivity index (χ0v) is 16.0. The molecule has 1 unspecified atom stereocenters. The molecule has 0 saturated heterocycles. The number of nitrogens with one attached hydrogen (secondary N) is 1. The number of sulfone groups is 1. The van der Waals surface area contributed by atoms with Crippen molar-refractivity contribution >= 4 is 15.7 Å². The monoisotopic (exact) mass is 396 g/mol. The van der Waals surface area contributed by atoms with Crippen molar-refractivity contribution in [3.05, 3.63) is 47.9 Å². The minimum Gasteiger partial charge on any atom is -0.481 e. The number of aromatic nitrogens is 1. The Morgan fingerprint density at radius 1 is 1.33 bits per heavy atom. The number of nitrogens with zero attached hydrogens (tertiary/aromatic N) is 1. The average Bonchev–Trinajstić information content (AvgIpc) is 2.64. The van der Waals surface area contributed by atoms with Crippen molar-refractivity contribution in [2.45, 2.75) is 24.5 Å². The molecule has 1 aromatic heterocycles. The molecule has 2 aromatic rings. The Kier molecular flexibility index (Phi) is 6.17. The molecule has 0 radical (unpaired) electrons. The van der Waals surface area contributed by atoms with Gasteiger partial charge in [-0.2, -0.15) is 0 Å². The molecule has 1 aromatic carbocycles. The highest BCUT2D eigenvalue weighted by molar-refractivity contribution is 7.92. The lowest BCUT2D eigenvalue weighted by Gasteiger charge is -2.25. The smallest absolute Gasteiger partial charge is 0.264 e. The Labute approximate surface area is 157 Å². The first-order chi connectivity index (χ1) is 12.6. The zero-order chi connectivity index (χ0) is 20.2. The number of amides is 1. The number of rotatable bonds is 7. The molecule has 1 heterocycles. The Hall–Kier alpha value is -2.52. The summed E-state index contributed by atoms with van der Waals surface area (Å²) in [7, 11) is -2.31. The van der Waals surface area contributed by atoms with E-state index < -0.39 is 26.3 Å². The fourth-order valence-corrected chi connectivity index (χ4v) is 3.43. The van der Waals surface area contributed by atoms with Crippen molar-refractivity contribution < 1.29 is 27.5 Å². The fourth-order valence-electron chi connectivity index (χ4n) is 2.58. The van der Waals surface area contributed by atoms with Crippen LogP contribution in [0.2, 0.25) is 0 Å². The first-order valence-electron chi connectivity index (χ1n) is 8.05. The number of halogens is 1. The molecule has 0 saturated carbocycles. The molecule has 7 nitrogen and oxygen atoms in total. The van der Waals surface area contributed by atoms with Gasteiger partial charge in [-0.15, -0.1) is 0 Å². The number of carbonyl (C=O) groups excluding carboxylic acids is 1. The summed E-state index contributed by atoms with van der Waals surface area (Å²) < 4.78 is 41.6. The van der Waals surface area contributed by atoms with Crippen LogP contribution in [-0.4, -0.2) is 42.6 Å². The SMILES string of the molecule is COc1ccc(-c2ccc(CCC(C)(C(=O)NO)S(C)(=O)=O)cc2F)cn1. The molecule has 0 bridgehead atoms. The van der Waals surface area contributed by atoms with Crippen molar-refractivity contribution in [2.75, 3.05) is 13.4 Å². The number of pyridine rings is 1. The van der Waals surface area contributed by atoms with E-state index in [1.165, 1.54) is 31.8 Å². The van der Waals surface area contributed by atoms with E-state index in [4.69, 9.17) is 9.94 Å². The highest BCUT2D eigenvalue weighted by Gasteiger charge is 2.43. The van der Waals surface area contributed by atoms with E-state index in [0.717, 1.165) is 6.26 Å². The fraction of sp³-hybridized carbons (Fsp3) is 0.333. The van der Waals surface area contributed by atoms with Crippen molar-refractivity contribution in [3.63, 3.8) is 0 Å².